The Hall–Kier alpha value is -0.840. The Labute approximate surface area is 136 Å². The fourth-order valence-electron chi connectivity index (χ4n) is 2.12. The van der Waals surface area contributed by atoms with Crippen molar-refractivity contribution in [3.63, 3.8) is 0 Å². The summed E-state index contributed by atoms with van der Waals surface area (Å²) in [4.78, 5) is 0. The van der Waals surface area contributed by atoms with Gasteiger partial charge in [-0.2, -0.15) is 0 Å². The molecule has 4 heteroatoms. The summed E-state index contributed by atoms with van der Waals surface area (Å²) < 4.78 is 7.75. The maximum absolute atomic E-state index is 6.36. The van der Waals surface area contributed by atoms with Crippen LogP contribution < -0.4 is 10.5 Å². The first kappa shape index (κ1) is 15.5. The second-order valence-corrected chi connectivity index (χ2v) is 6.39. The largest absolute Gasteiger partial charge is 0.494 e. The third-order valence-corrected chi connectivity index (χ3v) is 4.00. The Kier molecular flexibility index (Phi) is 5.64. The van der Waals surface area contributed by atoms with Gasteiger partial charge in [-0.3, -0.25) is 0 Å². The molecule has 0 spiro atoms. The van der Waals surface area contributed by atoms with E-state index in [2.05, 4.69) is 44.0 Å². The Balaban J connectivity index is 2.23. The van der Waals surface area contributed by atoms with E-state index in [-0.39, 0.29) is 6.04 Å². The monoisotopic (exact) mass is 397 g/mol. The zero-order valence-corrected chi connectivity index (χ0v) is 14.4. The van der Waals surface area contributed by atoms with Crippen LogP contribution in [-0.4, -0.2) is 6.61 Å². The second-order valence-electron chi connectivity index (χ2n) is 4.56. The zero-order valence-electron chi connectivity index (χ0n) is 11.3. The minimum Gasteiger partial charge on any atom is -0.494 e. The molecule has 0 heterocycles. The van der Waals surface area contributed by atoms with E-state index >= 15 is 0 Å². The molecule has 0 fully saturated rings. The molecular weight excluding hydrogens is 382 g/mol. The van der Waals surface area contributed by atoms with Gasteiger partial charge in [0, 0.05) is 20.6 Å². The van der Waals surface area contributed by atoms with E-state index in [1.54, 1.807) is 0 Å². The molecular formula is C16H17Br2NO. The number of hydrogen-bond donors (Lipinski definition) is 1. The molecule has 2 rings (SSSR count). The maximum atomic E-state index is 6.36. The van der Waals surface area contributed by atoms with Crippen molar-refractivity contribution in [3.8, 4) is 5.75 Å². The third kappa shape index (κ3) is 4.08. The van der Waals surface area contributed by atoms with Crippen molar-refractivity contribution in [2.75, 3.05) is 6.61 Å². The zero-order chi connectivity index (χ0) is 14.5. The van der Waals surface area contributed by atoms with Crippen molar-refractivity contribution < 1.29 is 4.74 Å². The van der Waals surface area contributed by atoms with E-state index in [1.165, 1.54) is 5.56 Å². The van der Waals surface area contributed by atoms with Crippen LogP contribution in [-0.2, 0) is 6.42 Å². The number of benzene rings is 2. The lowest BCUT2D eigenvalue weighted by Crippen LogP contribution is -2.15. The van der Waals surface area contributed by atoms with Crippen molar-refractivity contribution in [1.82, 2.24) is 0 Å². The van der Waals surface area contributed by atoms with Crippen molar-refractivity contribution >= 4 is 31.9 Å². The number of nitrogens with two attached hydrogens (primary N) is 1. The second kappa shape index (κ2) is 7.25. The fourth-order valence-corrected chi connectivity index (χ4v) is 2.95. The Morgan fingerprint density at radius 1 is 1.10 bits per heavy atom. The van der Waals surface area contributed by atoms with Crippen LogP contribution in [0.3, 0.4) is 0 Å². The normalized spacial score (nSPS) is 12.2. The average molecular weight is 399 g/mol. The molecule has 106 valence electrons. The van der Waals surface area contributed by atoms with E-state index < -0.39 is 0 Å². The van der Waals surface area contributed by atoms with Crippen molar-refractivity contribution in [3.05, 3.63) is 62.5 Å². The van der Waals surface area contributed by atoms with E-state index in [0.717, 1.165) is 26.7 Å². The summed E-state index contributed by atoms with van der Waals surface area (Å²) in [7, 11) is 0. The van der Waals surface area contributed by atoms with Crippen LogP contribution in [0.25, 0.3) is 0 Å². The number of halogens is 2. The Morgan fingerprint density at radius 3 is 2.55 bits per heavy atom. The van der Waals surface area contributed by atoms with Crippen LogP contribution >= 0.6 is 31.9 Å². The summed E-state index contributed by atoms with van der Waals surface area (Å²) in [5.74, 6) is 0.859. The summed E-state index contributed by atoms with van der Waals surface area (Å²) in [5, 5.41) is 0. The Morgan fingerprint density at radius 2 is 1.85 bits per heavy atom. The van der Waals surface area contributed by atoms with Gasteiger partial charge in [0.1, 0.15) is 5.75 Å². The van der Waals surface area contributed by atoms with Crippen LogP contribution in [0.1, 0.15) is 24.1 Å². The number of ether oxygens (including phenoxy) is 1. The fraction of sp³-hybridized carbons (Fsp3) is 0.250. The molecule has 0 aliphatic heterocycles. The first-order valence-electron chi connectivity index (χ1n) is 6.52. The molecule has 2 aromatic carbocycles. The van der Waals surface area contributed by atoms with Gasteiger partial charge in [0.25, 0.3) is 0 Å². The van der Waals surface area contributed by atoms with Crippen molar-refractivity contribution in [1.29, 1.82) is 0 Å². The van der Waals surface area contributed by atoms with Crippen LogP contribution in [0.15, 0.2) is 51.4 Å². The summed E-state index contributed by atoms with van der Waals surface area (Å²) >= 11 is 6.98. The average Bonchev–Trinajstić information content (AvgIpc) is 2.41. The first-order valence-corrected chi connectivity index (χ1v) is 8.11. The molecule has 20 heavy (non-hydrogen) atoms. The van der Waals surface area contributed by atoms with Crippen molar-refractivity contribution in [2.45, 2.75) is 19.4 Å². The molecule has 0 aromatic heterocycles. The van der Waals surface area contributed by atoms with E-state index in [1.807, 2.05) is 37.3 Å². The van der Waals surface area contributed by atoms with E-state index in [0.29, 0.717) is 6.61 Å². The molecule has 0 bridgehead atoms. The molecule has 0 amide bonds. The van der Waals surface area contributed by atoms with Crippen LogP contribution in [0.5, 0.6) is 5.75 Å². The molecule has 2 nitrogen and oxygen atoms in total. The van der Waals surface area contributed by atoms with Crippen LogP contribution in [0, 0.1) is 0 Å². The molecule has 0 aliphatic rings. The van der Waals surface area contributed by atoms with E-state index in [4.69, 9.17) is 10.5 Å². The van der Waals surface area contributed by atoms with Gasteiger partial charge >= 0.3 is 0 Å². The van der Waals surface area contributed by atoms with Gasteiger partial charge in [0.2, 0.25) is 0 Å². The highest BCUT2D eigenvalue weighted by atomic mass is 79.9. The number of hydrogen-bond acceptors (Lipinski definition) is 2. The molecule has 0 aliphatic carbocycles. The quantitative estimate of drug-likeness (QED) is 0.780. The lowest BCUT2D eigenvalue weighted by molar-refractivity contribution is 0.334. The highest BCUT2D eigenvalue weighted by Crippen LogP contribution is 2.29. The molecule has 2 aromatic rings. The smallest absolute Gasteiger partial charge is 0.124 e. The molecule has 0 saturated heterocycles. The lowest BCUT2D eigenvalue weighted by Gasteiger charge is -2.17. The lowest BCUT2D eigenvalue weighted by atomic mass is 9.99. The van der Waals surface area contributed by atoms with Gasteiger partial charge in [-0.1, -0.05) is 44.0 Å². The summed E-state index contributed by atoms with van der Waals surface area (Å²) in [6, 6.07) is 14.1. The predicted octanol–water partition coefficient (Wildman–Crippen LogP) is 4.85. The predicted molar refractivity (Wildman–Crippen MR) is 90.1 cm³/mol. The first-order chi connectivity index (χ1) is 9.60. The highest BCUT2D eigenvalue weighted by Gasteiger charge is 2.13. The third-order valence-electron chi connectivity index (χ3n) is 3.02. The summed E-state index contributed by atoms with van der Waals surface area (Å²) in [6.45, 7) is 2.61. The van der Waals surface area contributed by atoms with Crippen molar-refractivity contribution in [2.24, 2.45) is 5.73 Å². The van der Waals surface area contributed by atoms with Gasteiger partial charge in [-0.25, -0.2) is 0 Å². The van der Waals surface area contributed by atoms with Gasteiger partial charge in [-0.15, -0.1) is 0 Å². The van der Waals surface area contributed by atoms with E-state index in [9.17, 15) is 0 Å². The van der Waals surface area contributed by atoms with Crippen LogP contribution in [0.4, 0.5) is 0 Å². The summed E-state index contributed by atoms with van der Waals surface area (Å²) in [5.41, 5.74) is 8.59. The molecule has 2 N–H and O–H groups in total. The molecule has 1 unspecified atom stereocenters. The van der Waals surface area contributed by atoms with Crippen LogP contribution in [0.2, 0.25) is 0 Å². The minimum absolute atomic E-state index is 0.0941. The SMILES string of the molecule is CCOc1ccc(Br)cc1C(N)Cc1cccc(Br)c1. The minimum atomic E-state index is -0.0941. The number of rotatable bonds is 5. The standard InChI is InChI=1S/C16H17Br2NO/c1-2-20-16-7-6-13(18)10-14(16)15(19)9-11-4-3-5-12(17)8-11/h3-8,10,15H,2,9,19H2,1H3. The van der Waals surface area contributed by atoms with Gasteiger partial charge < -0.3 is 10.5 Å². The van der Waals surface area contributed by atoms with Gasteiger partial charge in [0.05, 0.1) is 6.61 Å². The maximum Gasteiger partial charge on any atom is 0.124 e. The molecule has 1 atom stereocenters. The van der Waals surface area contributed by atoms with Gasteiger partial charge in [0.15, 0.2) is 0 Å². The molecule has 0 radical (unpaired) electrons. The van der Waals surface area contributed by atoms with Gasteiger partial charge in [-0.05, 0) is 49.2 Å². The molecule has 0 saturated carbocycles. The highest BCUT2D eigenvalue weighted by molar-refractivity contribution is 9.10. The Bertz CT molecular complexity index is 586. The topological polar surface area (TPSA) is 35.2 Å². The summed E-state index contributed by atoms with van der Waals surface area (Å²) in [6.07, 6.45) is 0.774.